The largest absolute Gasteiger partial charge is 0.394 e. The molecule has 0 aliphatic carbocycles. The minimum Gasteiger partial charge on any atom is -0.394 e. The van der Waals surface area contributed by atoms with Crippen molar-refractivity contribution >= 4 is 0 Å². The summed E-state index contributed by atoms with van der Waals surface area (Å²) in [5.74, 6) is 0. The average molecular weight is 161 g/mol. The molecule has 0 aromatic rings. The highest BCUT2D eigenvalue weighted by molar-refractivity contribution is 4.87. The van der Waals surface area contributed by atoms with Gasteiger partial charge in [0.25, 0.3) is 0 Å². The molecule has 0 radical (unpaired) electrons. The highest BCUT2D eigenvalue weighted by Gasteiger charge is 2.29. The van der Waals surface area contributed by atoms with Gasteiger partial charge in [0.15, 0.2) is 0 Å². The molecule has 0 saturated carbocycles. The number of hydrogen-bond donors (Lipinski definition) is 2. The normalized spacial score (nSPS) is 19.4. The quantitative estimate of drug-likeness (QED) is 0.612. The van der Waals surface area contributed by atoms with E-state index in [0.717, 1.165) is 6.54 Å². The summed E-state index contributed by atoms with van der Waals surface area (Å²) >= 11 is 0. The van der Waals surface area contributed by atoms with E-state index in [2.05, 4.69) is 5.32 Å². The van der Waals surface area contributed by atoms with Crippen molar-refractivity contribution in [3.8, 4) is 0 Å². The van der Waals surface area contributed by atoms with Crippen LogP contribution in [0.4, 0.5) is 0 Å². The minimum absolute atomic E-state index is 0.0208. The van der Waals surface area contributed by atoms with E-state index < -0.39 is 0 Å². The first-order chi connectivity index (χ1) is 5.10. The fourth-order valence-electron chi connectivity index (χ4n) is 0.992. The van der Waals surface area contributed by atoms with Crippen molar-refractivity contribution < 1.29 is 9.84 Å². The Morgan fingerprint density at radius 1 is 1.64 bits per heavy atom. The Balaban J connectivity index is 4.07. The topological polar surface area (TPSA) is 41.5 Å². The molecular weight excluding hydrogens is 142 g/mol. The molecule has 0 aromatic carbocycles. The van der Waals surface area contributed by atoms with Crippen molar-refractivity contribution in [2.24, 2.45) is 0 Å². The Morgan fingerprint density at radius 2 is 2.18 bits per heavy atom. The SMILES string of the molecule is CCNC(C)(CO)C(C)OC. The number of ether oxygens (including phenoxy) is 1. The van der Waals surface area contributed by atoms with E-state index >= 15 is 0 Å². The summed E-state index contributed by atoms with van der Waals surface area (Å²) in [7, 11) is 1.65. The number of aliphatic hydroxyl groups excluding tert-OH is 1. The van der Waals surface area contributed by atoms with E-state index in [1.807, 2.05) is 20.8 Å². The first-order valence-electron chi connectivity index (χ1n) is 3.99. The van der Waals surface area contributed by atoms with E-state index in [4.69, 9.17) is 9.84 Å². The van der Waals surface area contributed by atoms with Gasteiger partial charge in [-0.2, -0.15) is 0 Å². The third-order valence-electron chi connectivity index (χ3n) is 2.16. The number of methoxy groups -OCH3 is 1. The third kappa shape index (κ3) is 2.77. The zero-order chi connectivity index (χ0) is 8.91. The van der Waals surface area contributed by atoms with Crippen LogP contribution in [0.5, 0.6) is 0 Å². The molecule has 0 aromatic heterocycles. The average Bonchev–Trinajstić information content (AvgIpc) is 2.03. The molecule has 0 aliphatic heterocycles. The number of likely N-dealkylation sites (N-methyl/N-ethyl adjacent to an activating group) is 1. The summed E-state index contributed by atoms with van der Waals surface area (Å²) in [6, 6.07) is 0. The van der Waals surface area contributed by atoms with Crippen LogP contribution < -0.4 is 5.32 Å². The molecule has 0 saturated heterocycles. The minimum atomic E-state index is -0.316. The summed E-state index contributed by atoms with van der Waals surface area (Å²) in [5, 5.41) is 12.3. The zero-order valence-electron chi connectivity index (χ0n) is 7.85. The van der Waals surface area contributed by atoms with Gasteiger partial charge in [0.1, 0.15) is 0 Å². The van der Waals surface area contributed by atoms with Gasteiger partial charge in [0.2, 0.25) is 0 Å². The molecule has 0 fully saturated rings. The molecule has 0 amide bonds. The van der Waals surface area contributed by atoms with Gasteiger partial charge in [-0.05, 0) is 20.4 Å². The second-order valence-electron chi connectivity index (χ2n) is 2.98. The Morgan fingerprint density at radius 3 is 2.45 bits per heavy atom. The van der Waals surface area contributed by atoms with Crippen molar-refractivity contribution in [3.63, 3.8) is 0 Å². The highest BCUT2D eigenvalue weighted by Crippen LogP contribution is 2.11. The van der Waals surface area contributed by atoms with E-state index in [1.54, 1.807) is 7.11 Å². The summed E-state index contributed by atoms with van der Waals surface area (Å²) in [5.41, 5.74) is -0.316. The maximum absolute atomic E-state index is 9.08. The smallest absolute Gasteiger partial charge is 0.0744 e. The molecule has 0 spiro atoms. The number of nitrogens with one attached hydrogen (secondary N) is 1. The van der Waals surface area contributed by atoms with Crippen LogP contribution in [0.2, 0.25) is 0 Å². The first kappa shape index (κ1) is 10.9. The highest BCUT2D eigenvalue weighted by atomic mass is 16.5. The van der Waals surface area contributed by atoms with Crippen LogP contribution in [-0.4, -0.2) is 37.0 Å². The second-order valence-corrected chi connectivity index (χ2v) is 2.98. The Kier molecular flexibility index (Phi) is 4.65. The van der Waals surface area contributed by atoms with E-state index in [-0.39, 0.29) is 18.2 Å². The van der Waals surface area contributed by atoms with Crippen LogP contribution in [0, 0.1) is 0 Å². The molecule has 2 unspecified atom stereocenters. The predicted octanol–water partition coefficient (Wildman–Crippen LogP) is 0.382. The molecule has 3 nitrogen and oxygen atoms in total. The Hall–Kier alpha value is -0.120. The number of rotatable bonds is 5. The molecule has 0 heterocycles. The standard InChI is InChI=1S/C8H19NO2/c1-5-9-8(3,6-10)7(2)11-4/h7,9-10H,5-6H2,1-4H3. The fraction of sp³-hybridized carbons (Fsp3) is 1.00. The lowest BCUT2D eigenvalue weighted by Gasteiger charge is -2.33. The molecule has 11 heavy (non-hydrogen) atoms. The van der Waals surface area contributed by atoms with E-state index in [9.17, 15) is 0 Å². The Labute approximate surface area is 68.8 Å². The van der Waals surface area contributed by atoms with Gasteiger partial charge in [0, 0.05) is 7.11 Å². The lowest BCUT2D eigenvalue weighted by atomic mass is 9.97. The van der Waals surface area contributed by atoms with Crippen molar-refractivity contribution in [1.29, 1.82) is 0 Å². The monoisotopic (exact) mass is 161 g/mol. The molecular formula is C8H19NO2. The molecule has 2 atom stereocenters. The van der Waals surface area contributed by atoms with Gasteiger partial charge in [-0.1, -0.05) is 6.92 Å². The molecule has 2 N–H and O–H groups in total. The molecule has 0 bridgehead atoms. The van der Waals surface area contributed by atoms with Crippen LogP contribution in [0.3, 0.4) is 0 Å². The van der Waals surface area contributed by atoms with Crippen LogP contribution in [-0.2, 0) is 4.74 Å². The van der Waals surface area contributed by atoms with Gasteiger partial charge in [-0.3, -0.25) is 0 Å². The predicted molar refractivity (Wildman–Crippen MR) is 45.6 cm³/mol. The maximum atomic E-state index is 9.08. The van der Waals surface area contributed by atoms with Crippen molar-refractivity contribution in [2.45, 2.75) is 32.4 Å². The fourth-order valence-corrected chi connectivity index (χ4v) is 0.992. The van der Waals surface area contributed by atoms with Gasteiger partial charge in [0.05, 0.1) is 18.2 Å². The lowest BCUT2D eigenvalue weighted by molar-refractivity contribution is 0.00909. The van der Waals surface area contributed by atoms with E-state index in [0.29, 0.717) is 0 Å². The molecule has 3 heteroatoms. The zero-order valence-corrected chi connectivity index (χ0v) is 7.85. The lowest BCUT2D eigenvalue weighted by Crippen LogP contribution is -2.54. The van der Waals surface area contributed by atoms with Crippen LogP contribution in [0.1, 0.15) is 20.8 Å². The Bertz CT molecular complexity index is 108. The molecule has 0 rings (SSSR count). The molecule has 68 valence electrons. The summed E-state index contributed by atoms with van der Waals surface area (Å²) in [4.78, 5) is 0. The van der Waals surface area contributed by atoms with Gasteiger partial charge >= 0.3 is 0 Å². The van der Waals surface area contributed by atoms with Crippen molar-refractivity contribution in [3.05, 3.63) is 0 Å². The number of aliphatic hydroxyl groups is 1. The first-order valence-corrected chi connectivity index (χ1v) is 3.99. The van der Waals surface area contributed by atoms with Crippen LogP contribution >= 0.6 is 0 Å². The van der Waals surface area contributed by atoms with Crippen molar-refractivity contribution in [1.82, 2.24) is 5.32 Å². The van der Waals surface area contributed by atoms with Gasteiger partial charge in [-0.25, -0.2) is 0 Å². The number of hydrogen-bond acceptors (Lipinski definition) is 3. The van der Waals surface area contributed by atoms with Gasteiger partial charge in [-0.15, -0.1) is 0 Å². The molecule has 0 aliphatic rings. The second kappa shape index (κ2) is 4.70. The van der Waals surface area contributed by atoms with Crippen LogP contribution in [0.15, 0.2) is 0 Å². The summed E-state index contributed by atoms with van der Waals surface area (Å²) in [6.45, 7) is 6.83. The van der Waals surface area contributed by atoms with Gasteiger partial charge < -0.3 is 15.2 Å². The van der Waals surface area contributed by atoms with Crippen molar-refractivity contribution in [2.75, 3.05) is 20.3 Å². The summed E-state index contributed by atoms with van der Waals surface area (Å²) < 4.78 is 5.14. The maximum Gasteiger partial charge on any atom is 0.0744 e. The van der Waals surface area contributed by atoms with Crippen LogP contribution in [0.25, 0.3) is 0 Å². The van der Waals surface area contributed by atoms with E-state index in [1.165, 1.54) is 0 Å². The third-order valence-corrected chi connectivity index (χ3v) is 2.16. The summed E-state index contributed by atoms with van der Waals surface area (Å²) in [6.07, 6.45) is 0.0208.